The molecule has 0 spiro atoms. The number of carboxylic acids is 1. The van der Waals surface area contributed by atoms with Crippen molar-refractivity contribution >= 4 is 11.8 Å². The van der Waals surface area contributed by atoms with Crippen molar-refractivity contribution in [3.63, 3.8) is 0 Å². The van der Waals surface area contributed by atoms with Gasteiger partial charge < -0.3 is 5.11 Å². The Kier molecular flexibility index (Phi) is 5.09. The highest BCUT2D eigenvalue weighted by Crippen LogP contribution is 2.29. The second-order valence-electron chi connectivity index (χ2n) is 4.10. The summed E-state index contributed by atoms with van der Waals surface area (Å²) in [5.74, 6) is -1.36. The molecule has 0 fully saturated rings. The van der Waals surface area contributed by atoms with E-state index in [-0.39, 0.29) is 18.4 Å². The van der Waals surface area contributed by atoms with Crippen molar-refractivity contribution in [3.05, 3.63) is 35.4 Å². The zero-order valence-electron chi connectivity index (χ0n) is 10.0. The molecule has 1 rings (SSSR count). The van der Waals surface area contributed by atoms with Gasteiger partial charge in [0.15, 0.2) is 5.78 Å². The molecular formula is C13H13F3O3. The second-order valence-corrected chi connectivity index (χ2v) is 4.10. The number of hydrogen-bond acceptors (Lipinski definition) is 2. The standard InChI is InChI=1S/C13H13F3O3/c14-13(15,16)10-5-3-4-9(8-10)11(17)6-1-2-7-12(18)19/h3-5,8H,1-2,6-7H2,(H,18,19). The van der Waals surface area contributed by atoms with Gasteiger partial charge in [-0.15, -0.1) is 0 Å². The van der Waals surface area contributed by atoms with Gasteiger partial charge in [0.2, 0.25) is 0 Å². The summed E-state index contributed by atoms with van der Waals surface area (Å²) in [5, 5.41) is 8.41. The summed E-state index contributed by atoms with van der Waals surface area (Å²) in [5.41, 5.74) is -0.853. The average molecular weight is 274 g/mol. The van der Waals surface area contributed by atoms with Crippen LogP contribution < -0.4 is 0 Å². The van der Waals surface area contributed by atoms with Crippen molar-refractivity contribution in [1.29, 1.82) is 0 Å². The first kappa shape index (κ1) is 15.2. The third-order valence-electron chi connectivity index (χ3n) is 2.56. The summed E-state index contributed by atoms with van der Waals surface area (Å²) in [6, 6.07) is 4.24. The third-order valence-corrected chi connectivity index (χ3v) is 2.56. The Hall–Kier alpha value is -1.85. The Morgan fingerprint density at radius 3 is 2.32 bits per heavy atom. The molecular weight excluding hydrogens is 261 g/mol. The van der Waals surface area contributed by atoms with Gasteiger partial charge in [0.25, 0.3) is 0 Å². The van der Waals surface area contributed by atoms with Crippen molar-refractivity contribution in [3.8, 4) is 0 Å². The number of ketones is 1. The predicted molar refractivity (Wildman–Crippen MR) is 61.9 cm³/mol. The van der Waals surface area contributed by atoms with Crippen LogP contribution in [-0.4, -0.2) is 16.9 Å². The van der Waals surface area contributed by atoms with Crippen LogP contribution in [0.3, 0.4) is 0 Å². The molecule has 0 saturated heterocycles. The fourth-order valence-electron chi connectivity index (χ4n) is 1.58. The van der Waals surface area contributed by atoms with Crippen molar-refractivity contribution in [1.82, 2.24) is 0 Å². The number of halogens is 3. The molecule has 1 N–H and O–H groups in total. The van der Waals surface area contributed by atoms with Gasteiger partial charge in [-0.05, 0) is 25.0 Å². The highest BCUT2D eigenvalue weighted by molar-refractivity contribution is 5.96. The molecule has 0 amide bonds. The van der Waals surface area contributed by atoms with Crippen LogP contribution in [0.25, 0.3) is 0 Å². The number of carbonyl (C=O) groups is 2. The molecule has 0 aliphatic rings. The molecule has 0 aliphatic carbocycles. The predicted octanol–water partition coefficient (Wildman–Crippen LogP) is 3.53. The van der Waals surface area contributed by atoms with Crippen LogP contribution in [-0.2, 0) is 11.0 Å². The van der Waals surface area contributed by atoms with Crippen molar-refractivity contribution in [2.24, 2.45) is 0 Å². The number of benzene rings is 1. The van der Waals surface area contributed by atoms with E-state index in [9.17, 15) is 22.8 Å². The lowest BCUT2D eigenvalue weighted by Crippen LogP contribution is -2.07. The fraction of sp³-hybridized carbons (Fsp3) is 0.385. The lowest BCUT2D eigenvalue weighted by Gasteiger charge is -2.08. The lowest BCUT2D eigenvalue weighted by molar-refractivity contribution is -0.138. The number of alkyl halides is 3. The van der Waals surface area contributed by atoms with E-state index >= 15 is 0 Å². The van der Waals surface area contributed by atoms with Gasteiger partial charge in [-0.3, -0.25) is 9.59 Å². The highest BCUT2D eigenvalue weighted by atomic mass is 19.4. The number of aliphatic carboxylic acids is 1. The largest absolute Gasteiger partial charge is 0.481 e. The van der Waals surface area contributed by atoms with E-state index in [2.05, 4.69) is 0 Å². The Morgan fingerprint density at radius 1 is 1.11 bits per heavy atom. The van der Waals surface area contributed by atoms with Crippen LogP contribution in [0.2, 0.25) is 0 Å². The van der Waals surface area contributed by atoms with Crippen LogP contribution in [0.4, 0.5) is 13.2 Å². The second kappa shape index (κ2) is 6.36. The lowest BCUT2D eigenvalue weighted by atomic mass is 10.0. The number of rotatable bonds is 6. The summed E-state index contributed by atoms with van der Waals surface area (Å²) < 4.78 is 37.4. The van der Waals surface area contributed by atoms with Crippen molar-refractivity contribution in [2.45, 2.75) is 31.9 Å². The smallest absolute Gasteiger partial charge is 0.416 e. The summed E-state index contributed by atoms with van der Waals surface area (Å²) in [4.78, 5) is 21.9. The molecule has 0 unspecified atom stereocenters. The zero-order chi connectivity index (χ0) is 14.5. The molecule has 6 heteroatoms. The molecule has 19 heavy (non-hydrogen) atoms. The maximum atomic E-state index is 12.5. The van der Waals surface area contributed by atoms with Crippen LogP contribution >= 0.6 is 0 Å². The number of carbonyl (C=O) groups excluding carboxylic acids is 1. The van der Waals surface area contributed by atoms with Gasteiger partial charge in [-0.1, -0.05) is 12.1 Å². The first-order chi connectivity index (χ1) is 8.80. The van der Waals surface area contributed by atoms with Gasteiger partial charge in [-0.2, -0.15) is 13.2 Å². The van der Waals surface area contributed by atoms with Crippen LogP contribution in [0.5, 0.6) is 0 Å². The molecule has 0 atom stereocenters. The first-order valence-corrected chi connectivity index (χ1v) is 5.73. The summed E-state index contributed by atoms with van der Waals surface area (Å²) in [7, 11) is 0. The maximum absolute atomic E-state index is 12.5. The minimum atomic E-state index is -4.47. The molecule has 3 nitrogen and oxygen atoms in total. The van der Waals surface area contributed by atoms with E-state index in [1.807, 2.05) is 0 Å². The van der Waals surface area contributed by atoms with Gasteiger partial charge >= 0.3 is 12.1 Å². The molecule has 0 saturated carbocycles. The average Bonchev–Trinajstić information content (AvgIpc) is 2.33. The number of hydrogen-bond donors (Lipinski definition) is 1. The fourth-order valence-corrected chi connectivity index (χ4v) is 1.58. The minimum Gasteiger partial charge on any atom is -0.481 e. The maximum Gasteiger partial charge on any atom is 0.416 e. The van der Waals surface area contributed by atoms with E-state index in [0.29, 0.717) is 12.8 Å². The van der Waals surface area contributed by atoms with Gasteiger partial charge in [-0.25, -0.2) is 0 Å². The monoisotopic (exact) mass is 274 g/mol. The van der Waals surface area contributed by atoms with Crippen molar-refractivity contribution < 1.29 is 27.9 Å². The Balaban J connectivity index is 2.60. The Morgan fingerprint density at radius 2 is 1.74 bits per heavy atom. The molecule has 0 radical (unpaired) electrons. The van der Waals surface area contributed by atoms with E-state index < -0.39 is 23.5 Å². The number of carboxylic acid groups (broad SMARTS) is 1. The van der Waals surface area contributed by atoms with E-state index in [1.165, 1.54) is 12.1 Å². The van der Waals surface area contributed by atoms with Crippen LogP contribution in [0.1, 0.15) is 41.6 Å². The minimum absolute atomic E-state index is 0.00477. The normalized spacial score (nSPS) is 11.3. The highest BCUT2D eigenvalue weighted by Gasteiger charge is 2.30. The molecule has 104 valence electrons. The zero-order valence-corrected chi connectivity index (χ0v) is 10.0. The quantitative estimate of drug-likeness (QED) is 0.637. The van der Waals surface area contributed by atoms with E-state index in [0.717, 1.165) is 12.1 Å². The van der Waals surface area contributed by atoms with Crippen LogP contribution in [0, 0.1) is 0 Å². The van der Waals surface area contributed by atoms with Crippen LogP contribution in [0.15, 0.2) is 24.3 Å². The van der Waals surface area contributed by atoms with Gasteiger partial charge in [0.05, 0.1) is 5.56 Å². The molecule has 0 bridgehead atoms. The third kappa shape index (κ3) is 5.11. The summed E-state index contributed by atoms with van der Waals surface area (Å²) >= 11 is 0. The summed E-state index contributed by atoms with van der Waals surface area (Å²) in [6.07, 6.45) is -3.79. The molecule has 1 aromatic rings. The number of Topliss-reactive ketones (excluding diaryl/α,β-unsaturated/α-hetero) is 1. The van der Waals surface area contributed by atoms with E-state index in [1.54, 1.807) is 0 Å². The first-order valence-electron chi connectivity index (χ1n) is 5.73. The van der Waals surface area contributed by atoms with Gasteiger partial charge in [0.1, 0.15) is 0 Å². The van der Waals surface area contributed by atoms with E-state index in [4.69, 9.17) is 5.11 Å². The molecule has 1 aromatic carbocycles. The number of unbranched alkanes of at least 4 members (excludes halogenated alkanes) is 1. The SMILES string of the molecule is O=C(O)CCCCC(=O)c1cccc(C(F)(F)F)c1. The topological polar surface area (TPSA) is 54.4 Å². The molecule has 0 aliphatic heterocycles. The molecule has 0 heterocycles. The molecule has 0 aromatic heterocycles. The van der Waals surface area contributed by atoms with Crippen molar-refractivity contribution in [2.75, 3.05) is 0 Å². The summed E-state index contributed by atoms with van der Waals surface area (Å²) in [6.45, 7) is 0. The Labute approximate surface area is 108 Å². The Bertz CT molecular complexity index is 466. The van der Waals surface area contributed by atoms with Gasteiger partial charge in [0, 0.05) is 18.4 Å².